The van der Waals surface area contributed by atoms with E-state index in [9.17, 15) is 14.4 Å². The first-order valence-electron chi connectivity index (χ1n) is 16.0. The van der Waals surface area contributed by atoms with Gasteiger partial charge in [0.15, 0.2) is 0 Å². The average Bonchev–Trinajstić information content (AvgIpc) is 3.36. The van der Waals surface area contributed by atoms with Crippen LogP contribution in [0.5, 0.6) is 6.01 Å². The van der Waals surface area contributed by atoms with E-state index in [1.165, 1.54) is 35.6 Å². The fourth-order valence-corrected chi connectivity index (χ4v) is 8.54. The normalized spacial score (nSPS) is 28.8. The standard InChI is InChI=1S/C35H37FN6O2/c1-2-31(43)42-14-13-40(20-26(42)9-11-37)33-28-8-7-22(27-6-3-5-23-15-24-16-29(24)32(23)27)17-30(28)38-34(39-33)44-21-35-10-4-12-41(35)19-25(36)18-35/h2-3,5-8,17,24-26,29H,1,4,9-10,12-16,18-21H2/t24?,25-,26+,29?,35?/m1/s1. The first kappa shape index (κ1) is 27.5. The van der Waals surface area contributed by atoms with Crippen LogP contribution in [0, 0.1) is 17.2 Å². The Balaban J connectivity index is 1.17. The number of amides is 1. The molecular formula is C35H37FN6O2. The quantitative estimate of drug-likeness (QED) is 0.356. The van der Waals surface area contributed by atoms with E-state index in [0.717, 1.165) is 47.6 Å². The van der Waals surface area contributed by atoms with E-state index in [2.05, 4.69) is 58.8 Å². The molecule has 44 heavy (non-hydrogen) atoms. The molecule has 0 N–H and O–H groups in total. The van der Waals surface area contributed by atoms with Gasteiger partial charge in [0.1, 0.15) is 18.6 Å². The number of aromatic nitrogens is 2. The number of carbonyl (C=O) groups excluding carboxylic acids is 1. The number of halogens is 1. The molecule has 3 unspecified atom stereocenters. The Morgan fingerprint density at radius 1 is 1.20 bits per heavy atom. The average molecular weight is 593 g/mol. The second-order valence-corrected chi connectivity index (χ2v) is 13.3. The molecular weight excluding hydrogens is 555 g/mol. The van der Waals surface area contributed by atoms with Crippen molar-refractivity contribution in [2.75, 3.05) is 44.2 Å². The molecule has 226 valence electrons. The minimum Gasteiger partial charge on any atom is -0.461 e. The lowest BCUT2D eigenvalue weighted by molar-refractivity contribution is -0.128. The second-order valence-electron chi connectivity index (χ2n) is 13.3. The molecule has 1 aromatic heterocycles. The molecule has 3 saturated heterocycles. The van der Waals surface area contributed by atoms with Gasteiger partial charge in [-0.25, -0.2) is 4.39 Å². The molecule has 5 aliphatic rings. The van der Waals surface area contributed by atoms with Gasteiger partial charge in [-0.05, 0) is 84.5 Å². The van der Waals surface area contributed by atoms with Crippen LogP contribution < -0.4 is 9.64 Å². The summed E-state index contributed by atoms with van der Waals surface area (Å²) in [5, 5.41) is 10.5. The van der Waals surface area contributed by atoms with Gasteiger partial charge in [0.2, 0.25) is 5.91 Å². The van der Waals surface area contributed by atoms with Crippen LogP contribution in [0.4, 0.5) is 10.2 Å². The van der Waals surface area contributed by atoms with E-state index in [4.69, 9.17) is 14.7 Å². The molecule has 2 aromatic carbocycles. The third-order valence-electron chi connectivity index (χ3n) is 10.7. The maximum Gasteiger partial charge on any atom is 0.319 e. The van der Waals surface area contributed by atoms with E-state index in [0.29, 0.717) is 45.1 Å². The Morgan fingerprint density at radius 2 is 2.11 bits per heavy atom. The number of alkyl halides is 1. The third-order valence-corrected chi connectivity index (χ3v) is 10.7. The van der Waals surface area contributed by atoms with Crippen LogP contribution in [-0.4, -0.2) is 82.8 Å². The molecule has 0 spiro atoms. The minimum atomic E-state index is -0.833. The number of nitriles is 1. The van der Waals surface area contributed by atoms with Crippen molar-refractivity contribution >= 4 is 22.6 Å². The zero-order valence-corrected chi connectivity index (χ0v) is 24.9. The summed E-state index contributed by atoms with van der Waals surface area (Å²) in [6, 6.07) is 15.3. The molecule has 1 saturated carbocycles. The Morgan fingerprint density at radius 3 is 2.98 bits per heavy atom. The van der Waals surface area contributed by atoms with Crippen molar-refractivity contribution in [3.63, 3.8) is 0 Å². The molecule has 8 rings (SSSR count). The lowest BCUT2D eigenvalue weighted by atomic mass is 9.94. The van der Waals surface area contributed by atoms with Gasteiger partial charge >= 0.3 is 6.01 Å². The molecule has 3 aliphatic heterocycles. The van der Waals surface area contributed by atoms with Gasteiger partial charge in [-0.15, -0.1) is 0 Å². The molecule has 4 heterocycles. The van der Waals surface area contributed by atoms with Crippen molar-refractivity contribution in [2.45, 2.75) is 62.2 Å². The number of ether oxygens (including phenoxy) is 1. The highest BCUT2D eigenvalue weighted by Gasteiger charge is 2.49. The molecule has 4 fully saturated rings. The van der Waals surface area contributed by atoms with Gasteiger partial charge in [-0.2, -0.15) is 15.2 Å². The van der Waals surface area contributed by atoms with E-state index in [1.54, 1.807) is 4.90 Å². The molecule has 8 nitrogen and oxygen atoms in total. The molecule has 5 atom stereocenters. The maximum atomic E-state index is 14.5. The Labute approximate surface area is 257 Å². The summed E-state index contributed by atoms with van der Waals surface area (Å²) in [4.78, 5) is 28.6. The monoisotopic (exact) mass is 592 g/mol. The highest BCUT2D eigenvalue weighted by molar-refractivity contribution is 5.94. The fraction of sp³-hybridized carbons (Fsp3) is 0.486. The predicted octanol–water partition coefficient (Wildman–Crippen LogP) is 5.03. The number of rotatable bonds is 7. The van der Waals surface area contributed by atoms with Gasteiger partial charge in [0.05, 0.1) is 29.6 Å². The zero-order valence-electron chi connectivity index (χ0n) is 24.9. The van der Waals surface area contributed by atoms with Gasteiger partial charge < -0.3 is 14.5 Å². The summed E-state index contributed by atoms with van der Waals surface area (Å²) < 4.78 is 20.9. The number of hydrogen-bond donors (Lipinski definition) is 0. The minimum absolute atomic E-state index is 0.164. The van der Waals surface area contributed by atoms with E-state index in [-0.39, 0.29) is 29.9 Å². The third kappa shape index (κ3) is 4.54. The summed E-state index contributed by atoms with van der Waals surface area (Å²) in [5.74, 6) is 2.04. The highest BCUT2D eigenvalue weighted by atomic mass is 19.1. The molecule has 9 heteroatoms. The summed E-state index contributed by atoms with van der Waals surface area (Å²) in [6.07, 6.45) is 5.59. The van der Waals surface area contributed by atoms with Gasteiger partial charge in [0, 0.05) is 38.0 Å². The smallest absolute Gasteiger partial charge is 0.319 e. The highest BCUT2D eigenvalue weighted by Crippen LogP contribution is 2.58. The first-order chi connectivity index (χ1) is 21.5. The summed E-state index contributed by atoms with van der Waals surface area (Å²) >= 11 is 0. The van der Waals surface area contributed by atoms with Crippen LogP contribution in [0.1, 0.15) is 49.1 Å². The maximum absolute atomic E-state index is 14.5. The SMILES string of the molecule is C=CC(=O)N1CCN(c2nc(OCC34CCCN3C[C@H](F)C4)nc3cc(-c4cccc5c4C4CC4C5)ccc23)C[C@@H]1CC#N. The number of fused-ring (bicyclic) bond motifs is 5. The number of carbonyl (C=O) groups is 1. The van der Waals surface area contributed by atoms with Gasteiger partial charge in [-0.3, -0.25) is 9.69 Å². The van der Waals surface area contributed by atoms with Crippen molar-refractivity contribution in [1.29, 1.82) is 5.26 Å². The molecule has 1 amide bonds. The van der Waals surface area contributed by atoms with E-state index < -0.39 is 6.17 Å². The van der Waals surface area contributed by atoms with Crippen LogP contribution >= 0.6 is 0 Å². The fourth-order valence-electron chi connectivity index (χ4n) is 8.54. The second kappa shape index (κ2) is 10.6. The van der Waals surface area contributed by atoms with E-state index >= 15 is 0 Å². The number of anilines is 1. The molecule has 2 aliphatic carbocycles. The Bertz CT molecular complexity index is 1700. The summed E-state index contributed by atoms with van der Waals surface area (Å²) in [6.45, 7) is 6.86. The van der Waals surface area contributed by atoms with Gasteiger partial charge in [-0.1, -0.05) is 30.8 Å². The van der Waals surface area contributed by atoms with Crippen LogP contribution in [-0.2, 0) is 11.2 Å². The first-order valence-corrected chi connectivity index (χ1v) is 16.0. The Hall–Kier alpha value is -4.03. The number of nitrogens with zero attached hydrogens (tertiary/aromatic N) is 6. The lowest BCUT2D eigenvalue weighted by Crippen LogP contribution is -2.55. The van der Waals surface area contributed by atoms with Crippen LogP contribution in [0.15, 0.2) is 49.1 Å². The molecule has 0 bridgehead atoms. The lowest BCUT2D eigenvalue weighted by Gasteiger charge is -2.41. The summed E-state index contributed by atoms with van der Waals surface area (Å²) in [7, 11) is 0. The van der Waals surface area contributed by atoms with Crippen LogP contribution in [0.25, 0.3) is 22.0 Å². The predicted molar refractivity (Wildman–Crippen MR) is 166 cm³/mol. The van der Waals surface area contributed by atoms with Crippen molar-refractivity contribution in [1.82, 2.24) is 19.8 Å². The van der Waals surface area contributed by atoms with Gasteiger partial charge in [0.25, 0.3) is 0 Å². The molecule has 3 aromatic rings. The largest absolute Gasteiger partial charge is 0.461 e. The van der Waals surface area contributed by atoms with Crippen LogP contribution in [0.3, 0.4) is 0 Å². The van der Waals surface area contributed by atoms with E-state index in [1.807, 2.05) is 0 Å². The number of benzene rings is 2. The van der Waals surface area contributed by atoms with Crippen molar-refractivity contribution < 1.29 is 13.9 Å². The Kier molecular flexibility index (Phi) is 6.60. The van der Waals surface area contributed by atoms with Crippen molar-refractivity contribution in [3.8, 4) is 23.2 Å². The number of hydrogen-bond acceptors (Lipinski definition) is 7. The zero-order chi connectivity index (χ0) is 30.0. The topological polar surface area (TPSA) is 85.6 Å². The molecule has 0 radical (unpaired) electrons. The van der Waals surface area contributed by atoms with Crippen LogP contribution in [0.2, 0.25) is 0 Å². The summed E-state index contributed by atoms with van der Waals surface area (Å²) in [5.41, 5.74) is 5.87. The van der Waals surface area contributed by atoms with Crippen molar-refractivity contribution in [2.24, 2.45) is 5.92 Å². The van der Waals surface area contributed by atoms with Crippen molar-refractivity contribution in [3.05, 3.63) is 60.2 Å². The number of piperazine rings is 1.